The Morgan fingerprint density at radius 2 is 1.38 bits per heavy atom. The van der Waals surface area contributed by atoms with Crippen LogP contribution in [-0.4, -0.2) is 81.2 Å². The van der Waals surface area contributed by atoms with Gasteiger partial charge in [-0.2, -0.15) is 0 Å². The number of rotatable bonds is 9. The molecule has 2 rings (SSSR count). The van der Waals surface area contributed by atoms with Gasteiger partial charge in [-0.05, 0) is 19.1 Å². The number of amides is 1. The van der Waals surface area contributed by atoms with Gasteiger partial charge in [0.25, 0.3) is 0 Å². The Bertz CT molecular complexity index is 1130. The lowest BCUT2D eigenvalue weighted by atomic mass is 9.96. The summed E-state index contributed by atoms with van der Waals surface area (Å²) in [6.07, 6.45) is -5.83. The second-order valence-electron chi connectivity index (χ2n) is 8.27. The van der Waals surface area contributed by atoms with E-state index in [0.717, 1.165) is 33.3 Å². The predicted octanol–water partition coefficient (Wildman–Crippen LogP) is -0.0320. The fourth-order valence-electron chi connectivity index (χ4n) is 3.55. The molecule has 0 spiro atoms. The van der Waals surface area contributed by atoms with E-state index in [1.54, 1.807) is 19.1 Å². The molecule has 1 unspecified atom stereocenters. The molecule has 1 aliphatic rings. The maximum Gasteiger partial charge on any atom is 0.305 e. The van der Waals surface area contributed by atoms with Gasteiger partial charge in [0, 0.05) is 27.7 Å². The third-order valence-corrected chi connectivity index (χ3v) is 6.64. The van der Waals surface area contributed by atoms with Crippen LogP contribution >= 0.6 is 0 Å². The molecule has 0 aromatic heterocycles. The van der Waals surface area contributed by atoms with Crippen LogP contribution in [0.15, 0.2) is 29.2 Å². The quantitative estimate of drug-likeness (QED) is 0.325. The Balaban J connectivity index is 2.40. The Labute approximate surface area is 213 Å². The first kappa shape index (κ1) is 29.7. The standard InChI is InChI=1S/C23H29NO12S/c1-12-6-8-17(9-7-12)37(30,31)11-19(29)24-20-22(34-15(4)27)21(33-14(3)26)18(10-32-13(2)25)36-23(20)35-16(5)28/h6-9,18,20-23H,10-11H2,1-5H3,(H,24,29)/t18-,20-,21-,22-,23?/m1/s1. The van der Waals surface area contributed by atoms with Crippen LogP contribution in [0.1, 0.15) is 33.3 Å². The summed E-state index contributed by atoms with van der Waals surface area (Å²) in [5, 5.41) is 2.36. The fourth-order valence-corrected chi connectivity index (χ4v) is 4.70. The average Bonchev–Trinajstić information content (AvgIpc) is 2.75. The van der Waals surface area contributed by atoms with E-state index in [4.69, 9.17) is 23.7 Å². The highest BCUT2D eigenvalue weighted by atomic mass is 32.2. The maximum atomic E-state index is 12.9. The maximum absolute atomic E-state index is 12.9. The molecule has 1 fully saturated rings. The van der Waals surface area contributed by atoms with Gasteiger partial charge in [0.15, 0.2) is 22.0 Å². The molecule has 1 heterocycles. The first-order valence-electron chi connectivity index (χ1n) is 11.1. The van der Waals surface area contributed by atoms with Gasteiger partial charge in [-0.25, -0.2) is 8.42 Å². The minimum atomic E-state index is -4.08. The monoisotopic (exact) mass is 543 g/mol. The molecule has 0 aliphatic carbocycles. The van der Waals surface area contributed by atoms with E-state index in [-0.39, 0.29) is 4.90 Å². The van der Waals surface area contributed by atoms with Crippen LogP contribution < -0.4 is 5.32 Å². The molecule has 0 radical (unpaired) electrons. The Hall–Kier alpha value is -3.52. The Morgan fingerprint density at radius 1 is 0.838 bits per heavy atom. The number of carbonyl (C=O) groups excluding carboxylic acids is 5. The summed E-state index contributed by atoms with van der Waals surface area (Å²) in [6, 6.07) is 4.34. The third-order valence-electron chi connectivity index (χ3n) is 5.01. The minimum absolute atomic E-state index is 0.0968. The summed E-state index contributed by atoms with van der Waals surface area (Å²) in [7, 11) is -4.08. The molecule has 1 aromatic carbocycles. The van der Waals surface area contributed by atoms with Crippen molar-refractivity contribution in [2.75, 3.05) is 12.4 Å². The van der Waals surface area contributed by atoms with E-state index < -0.39 is 82.6 Å². The van der Waals surface area contributed by atoms with Crippen molar-refractivity contribution < 1.29 is 56.1 Å². The summed E-state index contributed by atoms with van der Waals surface area (Å²) in [5.41, 5.74) is 0.816. The number of esters is 4. The molecule has 1 saturated heterocycles. The molecule has 204 valence electrons. The van der Waals surface area contributed by atoms with Crippen LogP contribution in [0.5, 0.6) is 0 Å². The van der Waals surface area contributed by atoms with Crippen molar-refractivity contribution in [1.82, 2.24) is 5.32 Å². The van der Waals surface area contributed by atoms with Crippen LogP contribution in [0.25, 0.3) is 0 Å². The Kier molecular flexibility index (Phi) is 10.1. The molecule has 1 aliphatic heterocycles. The fraction of sp³-hybridized carbons (Fsp3) is 0.522. The van der Waals surface area contributed by atoms with E-state index in [9.17, 15) is 32.4 Å². The second-order valence-corrected chi connectivity index (χ2v) is 10.3. The van der Waals surface area contributed by atoms with E-state index in [0.29, 0.717) is 0 Å². The van der Waals surface area contributed by atoms with Gasteiger partial charge >= 0.3 is 23.9 Å². The topological polar surface area (TPSA) is 178 Å². The van der Waals surface area contributed by atoms with Crippen molar-refractivity contribution in [1.29, 1.82) is 0 Å². The average molecular weight is 544 g/mol. The highest BCUT2D eigenvalue weighted by Gasteiger charge is 2.52. The largest absolute Gasteiger partial charge is 0.463 e. The number of ether oxygens (including phenoxy) is 5. The van der Waals surface area contributed by atoms with E-state index in [1.807, 2.05) is 0 Å². The van der Waals surface area contributed by atoms with Gasteiger partial charge in [-0.15, -0.1) is 0 Å². The highest BCUT2D eigenvalue weighted by Crippen LogP contribution is 2.28. The minimum Gasteiger partial charge on any atom is -0.463 e. The van der Waals surface area contributed by atoms with Crippen LogP contribution in [-0.2, 0) is 57.5 Å². The zero-order valence-electron chi connectivity index (χ0n) is 20.9. The molecular formula is C23H29NO12S. The summed E-state index contributed by atoms with van der Waals surface area (Å²) >= 11 is 0. The SMILES string of the molecule is CC(=O)OC[C@H]1OC(OC(C)=O)[C@H](NC(=O)CS(=O)(=O)c2ccc(C)cc2)[C@@H](OC(C)=O)[C@@H]1OC(C)=O. The van der Waals surface area contributed by atoms with Crippen molar-refractivity contribution in [3.8, 4) is 0 Å². The predicted molar refractivity (Wildman–Crippen MR) is 123 cm³/mol. The Morgan fingerprint density at radius 3 is 1.89 bits per heavy atom. The molecule has 1 aromatic rings. The van der Waals surface area contributed by atoms with Crippen LogP contribution in [0, 0.1) is 6.92 Å². The molecule has 37 heavy (non-hydrogen) atoms. The molecule has 13 nitrogen and oxygen atoms in total. The molecule has 0 saturated carbocycles. The molecule has 14 heteroatoms. The van der Waals surface area contributed by atoms with Crippen molar-refractivity contribution in [3.05, 3.63) is 29.8 Å². The van der Waals surface area contributed by atoms with Gasteiger partial charge < -0.3 is 29.0 Å². The summed E-state index contributed by atoms with van der Waals surface area (Å²) < 4.78 is 51.8. The van der Waals surface area contributed by atoms with Gasteiger partial charge in [0.05, 0.1) is 4.90 Å². The zero-order chi connectivity index (χ0) is 27.9. The summed E-state index contributed by atoms with van der Waals surface area (Å²) in [4.78, 5) is 59.6. The zero-order valence-corrected chi connectivity index (χ0v) is 21.7. The molecule has 5 atom stereocenters. The number of hydrogen-bond acceptors (Lipinski definition) is 12. The number of benzene rings is 1. The van der Waals surface area contributed by atoms with Crippen LogP contribution in [0.2, 0.25) is 0 Å². The van der Waals surface area contributed by atoms with E-state index in [1.165, 1.54) is 12.1 Å². The van der Waals surface area contributed by atoms with Crippen molar-refractivity contribution >= 4 is 39.6 Å². The van der Waals surface area contributed by atoms with Crippen LogP contribution in [0.3, 0.4) is 0 Å². The van der Waals surface area contributed by atoms with E-state index >= 15 is 0 Å². The van der Waals surface area contributed by atoms with Crippen molar-refractivity contribution in [2.45, 2.75) is 70.2 Å². The highest BCUT2D eigenvalue weighted by molar-refractivity contribution is 7.92. The van der Waals surface area contributed by atoms with Crippen molar-refractivity contribution in [3.63, 3.8) is 0 Å². The molecular weight excluding hydrogens is 514 g/mol. The van der Waals surface area contributed by atoms with E-state index in [2.05, 4.69) is 5.32 Å². The summed E-state index contributed by atoms with van der Waals surface area (Å²) in [5.74, 6) is -5.27. The number of aryl methyl sites for hydroxylation is 1. The van der Waals surface area contributed by atoms with Gasteiger partial charge in [-0.1, -0.05) is 17.7 Å². The van der Waals surface area contributed by atoms with Crippen LogP contribution in [0.4, 0.5) is 0 Å². The number of sulfone groups is 1. The van der Waals surface area contributed by atoms with Crippen molar-refractivity contribution in [2.24, 2.45) is 0 Å². The first-order valence-corrected chi connectivity index (χ1v) is 12.7. The molecule has 1 amide bonds. The smallest absolute Gasteiger partial charge is 0.305 e. The van der Waals surface area contributed by atoms with Gasteiger partial charge in [-0.3, -0.25) is 24.0 Å². The normalized spacial score (nSPS) is 23.3. The third kappa shape index (κ3) is 8.82. The number of hydrogen-bond donors (Lipinski definition) is 1. The van der Waals surface area contributed by atoms with Gasteiger partial charge in [0.1, 0.15) is 24.5 Å². The molecule has 1 N–H and O–H groups in total. The molecule has 0 bridgehead atoms. The second kappa shape index (κ2) is 12.6. The van der Waals surface area contributed by atoms with Gasteiger partial charge in [0.2, 0.25) is 12.2 Å². The number of carbonyl (C=O) groups is 5. The lowest BCUT2D eigenvalue weighted by molar-refractivity contribution is -0.270. The number of nitrogens with one attached hydrogen (secondary N) is 1. The summed E-state index contributed by atoms with van der Waals surface area (Å²) in [6.45, 7) is 5.56. The lowest BCUT2D eigenvalue weighted by Crippen LogP contribution is -2.67. The lowest BCUT2D eigenvalue weighted by Gasteiger charge is -2.44. The first-order chi connectivity index (χ1) is 17.2.